The molecule has 2 heterocycles. The Bertz CT molecular complexity index is 751. The Morgan fingerprint density at radius 2 is 1.88 bits per heavy atom. The minimum Gasteiger partial charge on any atom is -0.352 e. The predicted octanol–water partition coefficient (Wildman–Crippen LogP) is 2.76. The van der Waals surface area contributed by atoms with Crippen LogP contribution < -0.4 is 5.32 Å². The number of hydrogen-bond acceptors (Lipinski definition) is 3. The molecule has 0 unspecified atom stereocenters. The van der Waals surface area contributed by atoms with Gasteiger partial charge in [-0.25, -0.2) is 0 Å². The molecule has 5 heteroatoms. The number of nitrogens with zero attached hydrogens (tertiary/aromatic N) is 2. The standard InChI is InChI=1S/C21H23N3O2/c25-20(9-8-17-5-2-1-3-6-17)24-13-10-18(11-14-24)15-23-21(26)19-7-4-12-22-16-19/h1-9,12,16,18H,10-11,13-15H2,(H,23,26)/b9-8+. The number of carbonyl (C=O) groups excluding carboxylic acids is 2. The molecule has 0 bridgehead atoms. The number of piperidine rings is 1. The summed E-state index contributed by atoms with van der Waals surface area (Å²) in [5.41, 5.74) is 1.60. The highest BCUT2D eigenvalue weighted by Crippen LogP contribution is 2.17. The monoisotopic (exact) mass is 349 g/mol. The topological polar surface area (TPSA) is 62.3 Å². The number of hydrogen-bond donors (Lipinski definition) is 1. The van der Waals surface area contributed by atoms with Gasteiger partial charge in [0.25, 0.3) is 5.91 Å². The number of aromatic nitrogens is 1. The van der Waals surface area contributed by atoms with Crippen LogP contribution in [0.4, 0.5) is 0 Å². The minimum absolute atomic E-state index is 0.0479. The maximum Gasteiger partial charge on any atom is 0.252 e. The van der Waals surface area contributed by atoms with E-state index in [0.717, 1.165) is 31.5 Å². The van der Waals surface area contributed by atoms with Crippen molar-refractivity contribution in [2.45, 2.75) is 12.8 Å². The summed E-state index contributed by atoms with van der Waals surface area (Å²) in [4.78, 5) is 30.2. The average Bonchev–Trinajstić information content (AvgIpc) is 2.72. The molecule has 26 heavy (non-hydrogen) atoms. The van der Waals surface area contributed by atoms with Crippen molar-refractivity contribution in [3.63, 3.8) is 0 Å². The maximum atomic E-state index is 12.3. The van der Waals surface area contributed by atoms with E-state index in [1.165, 1.54) is 0 Å². The summed E-state index contributed by atoms with van der Waals surface area (Å²) in [6, 6.07) is 13.3. The molecule has 134 valence electrons. The molecule has 1 aromatic heterocycles. The van der Waals surface area contributed by atoms with Gasteiger partial charge in [-0.15, -0.1) is 0 Å². The van der Waals surface area contributed by atoms with Crippen LogP contribution >= 0.6 is 0 Å². The zero-order valence-electron chi connectivity index (χ0n) is 14.7. The molecule has 0 radical (unpaired) electrons. The largest absolute Gasteiger partial charge is 0.352 e. The van der Waals surface area contributed by atoms with E-state index >= 15 is 0 Å². The van der Waals surface area contributed by atoms with Crippen molar-refractivity contribution in [3.05, 3.63) is 72.1 Å². The quantitative estimate of drug-likeness (QED) is 0.845. The maximum absolute atomic E-state index is 12.3. The summed E-state index contributed by atoms with van der Waals surface area (Å²) in [6.45, 7) is 2.09. The third-order valence-corrected chi connectivity index (χ3v) is 4.62. The number of amides is 2. The first-order valence-corrected chi connectivity index (χ1v) is 8.92. The van der Waals surface area contributed by atoms with Crippen molar-refractivity contribution in [1.82, 2.24) is 15.2 Å². The summed E-state index contributed by atoms with van der Waals surface area (Å²) < 4.78 is 0. The van der Waals surface area contributed by atoms with Gasteiger partial charge in [-0.1, -0.05) is 30.3 Å². The summed E-state index contributed by atoms with van der Waals surface area (Å²) in [7, 11) is 0. The highest BCUT2D eigenvalue weighted by molar-refractivity contribution is 5.93. The van der Waals surface area contributed by atoms with Gasteiger partial charge in [0.05, 0.1) is 5.56 Å². The second-order valence-corrected chi connectivity index (χ2v) is 6.46. The highest BCUT2D eigenvalue weighted by atomic mass is 16.2. The second-order valence-electron chi connectivity index (χ2n) is 6.46. The Hall–Kier alpha value is -2.95. The zero-order chi connectivity index (χ0) is 18.2. The first kappa shape index (κ1) is 17.9. The van der Waals surface area contributed by atoms with Crippen molar-refractivity contribution in [2.24, 2.45) is 5.92 Å². The summed E-state index contributed by atoms with van der Waals surface area (Å²) in [5.74, 6) is 0.354. The summed E-state index contributed by atoms with van der Waals surface area (Å²) >= 11 is 0. The molecule has 3 rings (SSSR count). The van der Waals surface area contributed by atoms with Crippen LogP contribution in [-0.4, -0.2) is 41.3 Å². The summed E-state index contributed by atoms with van der Waals surface area (Å²) in [6.07, 6.45) is 8.50. The molecule has 2 amide bonds. The van der Waals surface area contributed by atoms with E-state index in [1.807, 2.05) is 41.3 Å². The SMILES string of the molecule is O=C(NCC1CCN(C(=O)/C=C/c2ccccc2)CC1)c1cccnc1. The van der Waals surface area contributed by atoms with Crippen molar-refractivity contribution >= 4 is 17.9 Å². The molecule has 1 saturated heterocycles. The van der Waals surface area contributed by atoms with Gasteiger partial charge in [-0.3, -0.25) is 14.6 Å². The molecule has 0 atom stereocenters. The fourth-order valence-electron chi connectivity index (χ4n) is 3.03. The Morgan fingerprint density at radius 3 is 2.58 bits per heavy atom. The fourth-order valence-corrected chi connectivity index (χ4v) is 3.03. The van der Waals surface area contributed by atoms with Crippen molar-refractivity contribution in [2.75, 3.05) is 19.6 Å². The molecule has 1 aromatic carbocycles. The molecule has 1 fully saturated rings. The third-order valence-electron chi connectivity index (χ3n) is 4.62. The van der Waals surface area contributed by atoms with E-state index in [-0.39, 0.29) is 11.8 Å². The average molecular weight is 349 g/mol. The number of nitrogens with one attached hydrogen (secondary N) is 1. The van der Waals surface area contributed by atoms with Crippen LogP contribution in [0.5, 0.6) is 0 Å². The number of benzene rings is 1. The fraction of sp³-hybridized carbons (Fsp3) is 0.286. The molecular weight excluding hydrogens is 326 g/mol. The van der Waals surface area contributed by atoms with Gasteiger partial charge in [0, 0.05) is 38.1 Å². The first-order chi connectivity index (χ1) is 12.7. The van der Waals surface area contributed by atoms with E-state index in [0.29, 0.717) is 18.0 Å². The molecule has 2 aromatic rings. The highest BCUT2D eigenvalue weighted by Gasteiger charge is 2.22. The van der Waals surface area contributed by atoms with E-state index in [4.69, 9.17) is 0 Å². The first-order valence-electron chi connectivity index (χ1n) is 8.92. The van der Waals surface area contributed by atoms with E-state index in [2.05, 4.69) is 10.3 Å². The van der Waals surface area contributed by atoms with Gasteiger partial charge in [-0.2, -0.15) is 0 Å². The van der Waals surface area contributed by atoms with E-state index in [1.54, 1.807) is 30.6 Å². The van der Waals surface area contributed by atoms with Gasteiger partial charge in [-0.05, 0) is 42.5 Å². The van der Waals surface area contributed by atoms with Gasteiger partial charge >= 0.3 is 0 Å². The Balaban J connectivity index is 1.42. The van der Waals surface area contributed by atoms with Gasteiger partial charge in [0.1, 0.15) is 0 Å². The molecule has 0 spiro atoms. The predicted molar refractivity (Wildman–Crippen MR) is 101 cm³/mol. The van der Waals surface area contributed by atoms with Gasteiger partial charge < -0.3 is 10.2 Å². The third kappa shape index (κ3) is 5.02. The van der Waals surface area contributed by atoms with Crippen molar-refractivity contribution < 1.29 is 9.59 Å². The lowest BCUT2D eigenvalue weighted by atomic mass is 9.96. The van der Waals surface area contributed by atoms with Crippen LogP contribution in [0.2, 0.25) is 0 Å². The second kappa shape index (κ2) is 8.94. The number of carbonyl (C=O) groups is 2. The van der Waals surface area contributed by atoms with Crippen LogP contribution in [0.25, 0.3) is 6.08 Å². The lowest BCUT2D eigenvalue weighted by Crippen LogP contribution is -2.41. The van der Waals surface area contributed by atoms with E-state index < -0.39 is 0 Å². The van der Waals surface area contributed by atoms with Crippen LogP contribution in [0.15, 0.2) is 60.9 Å². The molecule has 1 aliphatic heterocycles. The van der Waals surface area contributed by atoms with E-state index in [9.17, 15) is 9.59 Å². The van der Waals surface area contributed by atoms with Crippen LogP contribution in [0.3, 0.4) is 0 Å². The smallest absolute Gasteiger partial charge is 0.252 e. The number of rotatable bonds is 5. The number of likely N-dealkylation sites (tertiary alicyclic amines) is 1. The lowest BCUT2D eigenvalue weighted by Gasteiger charge is -2.31. The Labute approximate surface area is 153 Å². The van der Waals surface area contributed by atoms with Crippen molar-refractivity contribution in [1.29, 1.82) is 0 Å². The minimum atomic E-state index is -0.0950. The number of pyridine rings is 1. The normalized spacial score (nSPS) is 15.2. The molecule has 0 saturated carbocycles. The van der Waals surface area contributed by atoms with Crippen molar-refractivity contribution in [3.8, 4) is 0 Å². The molecule has 5 nitrogen and oxygen atoms in total. The van der Waals surface area contributed by atoms with Gasteiger partial charge in [0.2, 0.25) is 5.91 Å². The molecular formula is C21H23N3O2. The molecule has 0 aliphatic carbocycles. The Morgan fingerprint density at radius 1 is 1.12 bits per heavy atom. The lowest BCUT2D eigenvalue weighted by molar-refractivity contribution is -0.127. The van der Waals surface area contributed by atoms with Crippen LogP contribution in [-0.2, 0) is 4.79 Å². The molecule has 1 N–H and O–H groups in total. The summed E-state index contributed by atoms with van der Waals surface area (Å²) in [5, 5.41) is 2.96. The van der Waals surface area contributed by atoms with Gasteiger partial charge in [0.15, 0.2) is 0 Å². The van der Waals surface area contributed by atoms with Crippen LogP contribution in [0.1, 0.15) is 28.8 Å². The zero-order valence-corrected chi connectivity index (χ0v) is 14.7. The Kier molecular flexibility index (Phi) is 6.14. The molecule has 1 aliphatic rings. The van der Waals surface area contributed by atoms with Crippen LogP contribution in [0, 0.1) is 5.92 Å².